The van der Waals surface area contributed by atoms with Crippen LogP contribution < -0.4 is 15.4 Å². The number of benzene rings is 2. The summed E-state index contributed by atoms with van der Waals surface area (Å²) in [6.07, 6.45) is 0.569. The van der Waals surface area contributed by atoms with Crippen LogP contribution in [0.3, 0.4) is 0 Å². The molecular formula is C22H29FIN3O3. The number of fused-ring (bicyclic) bond motifs is 1. The molecule has 30 heavy (non-hydrogen) atoms. The Balaban J connectivity index is 0.00000320. The molecule has 2 aromatic rings. The molecule has 2 aromatic carbocycles. The van der Waals surface area contributed by atoms with E-state index >= 15 is 0 Å². The van der Waals surface area contributed by atoms with Gasteiger partial charge in [-0.1, -0.05) is 30.3 Å². The quantitative estimate of drug-likeness (QED) is 0.292. The van der Waals surface area contributed by atoms with Gasteiger partial charge in [0.05, 0.1) is 13.2 Å². The molecule has 164 valence electrons. The Morgan fingerprint density at radius 3 is 2.73 bits per heavy atom. The first kappa shape index (κ1) is 24.4. The van der Waals surface area contributed by atoms with E-state index in [2.05, 4.69) is 15.6 Å². The number of rotatable bonds is 7. The molecule has 0 saturated carbocycles. The first-order chi connectivity index (χ1) is 14.0. The minimum absolute atomic E-state index is 0. The molecule has 8 heteroatoms. The van der Waals surface area contributed by atoms with Gasteiger partial charge in [-0.2, -0.15) is 0 Å². The van der Waals surface area contributed by atoms with Gasteiger partial charge in [-0.3, -0.25) is 0 Å². The van der Waals surface area contributed by atoms with Gasteiger partial charge in [-0.05, 0) is 43.5 Å². The van der Waals surface area contributed by atoms with Crippen molar-refractivity contribution in [2.24, 2.45) is 4.99 Å². The van der Waals surface area contributed by atoms with Crippen LogP contribution in [0.2, 0.25) is 0 Å². The molecule has 0 saturated heterocycles. The van der Waals surface area contributed by atoms with Crippen LogP contribution in [0.4, 0.5) is 4.39 Å². The fourth-order valence-electron chi connectivity index (χ4n) is 3.22. The molecule has 3 rings (SSSR count). The standard InChI is InChI=1S/C22H28FN3O3.HI/c1-3-24-21(26-14-22(2,27)18-7-5-4-6-8-18)25-10-9-16-11-19(23)12-17-13-28-15-29-20(16)17;/h4-8,11-12,27H,3,9-10,13-15H2,1-2H3,(H2,24,25,26);1H. The third-order valence-electron chi connectivity index (χ3n) is 4.72. The highest BCUT2D eigenvalue weighted by Crippen LogP contribution is 2.29. The van der Waals surface area contributed by atoms with Gasteiger partial charge < -0.3 is 25.2 Å². The summed E-state index contributed by atoms with van der Waals surface area (Å²) in [6.45, 7) is 5.69. The maximum Gasteiger partial charge on any atom is 0.191 e. The maximum absolute atomic E-state index is 13.9. The van der Waals surface area contributed by atoms with E-state index in [1.807, 2.05) is 37.3 Å². The van der Waals surface area contributed by atoms with Gasteiger partial charge >= 0.3 is 0 Å². The zero-order valence-electron chi connectivity index (χ0n) is 17.3. The van der Waals surface area contributed by atoms with Crippen LogP contribution in [-0.4, -0.2) is 37.5 Å². The van der Waals surface area contributed by atoms with Gasteiger partial charge in [-0.25, -0.2) is 9.38 Å². The van der Waals surface area contributed by atoms with Gasteiger partial charge in [0.25, 0.3) is 0 Å². The van der Waals surface area contributed by atoms with Crippen molar-refractivity contribution in [2.75, 3.05) is 26.4 Å². The topological polar surface area (TPSA) is 75.1 Å². The predicted octanol–water partition coefficient (Wildman–Crippen LogP) is 3.32. The lowest BCUT2D eigenvalue weighted by atomic mass is 9.96. The molecule has 0 radical (unpaired) electrons. The Morgan fingerprint density at radius 2 is 2.00 bits per heavy atom. The van der Waals surface area contributed by atoms with Gasteiger partial charge in [-0.15, -0.1) is 24.0 Å². The number of guanidine groups is 1. The second-order valence-electron chi connectivity index (χ2n) is 7.18. The number of aliphatic imine (C=N–C) groups is 1. The number of hydrogen-bond donors (Lipinski definition) is 3. The van der Waals surface area contributed by atoms with Crippen molar-refractivity contribution in [3.63, 3.8) is 0 Å². The third-order valence-corrected chi connectivity index (χ3v) is 4.72. The number of nitrogens with zero attached hydrogens (tertiary/aromatic N) is 1. The molecule has 0 spiro atoms. The van der Waals surface area contributed by atoms with Crippen LogP contribution >= 0.6 is 24.0 Å². The molecule has 6 nitrogen and oxygen atoms in total. The van der Waals surface area contributed by atoms with Crippen molar-refractivity contribution in [2.45, 2.75) is 32.5 Å². The minimum atomic E-state index is -1.07. The van der Waals surface area contributed by atoms with E-state index in [0.29, 0.717) is 37.8 Å². The van der Waals surface area contributed by atoms with Gasteiger partial charge in [0.2, 0.25) is 0 Å². The van der Waals surface area contributed by atoms with Crippen LogP contribution in [0, 0.1) is 5.82 Å². The van der Waals surface area contributed by atoms with Crippen molar-refractivity contribution >= 4 is 29.9 Å². The van der Waals surface area contributed by atoms with E-state index in [0.717, 1.165) is 16.7 Å². The first-order valence-electron chi connectivity index (χ1n) is 9.81. The van der Waals surface area contributed by atoms with E-state index in [1.54, 1.807) is 6.92 Å². The van der Waals surface area contributed by atoms with Crippen LogP contribution in [0.15, 0.2) is 47.5 Å². The summed E-state index contributed by atoms with van der Waals surface area (Å²) in [5, 5.41) is 17.1. The molecule has 0 fully saturated rings. The molecule has 1 aliphatic heterocycles. The highest BCUT2D eigenvalue weighted by molar-refractivity contribution is 14.0. The van der Waals surface area contributed by atoms with Crippen molar-refractivity contribution in [3.05, 3.63) is 65.0 Å². The van der Waals surface area contributed by atoms with Crippen molar-refractivity contribution in [1.29, 1.82) is 0 Å². The number of halogens is 2. The second kappa shape index (κ2) is 11.5. The van der Waals surface area contributed by atoms with Crippen molar-refractivity contribution in [3.8, 4) is 5.75 Å². The molecule has 0 amide bonds. The Hall–Kier alpha value is -1.91. The second-order valence-corrected chi connectivity index (χ2v) is 7.18. The summed E-state index contributed by atoms with van der Waals surface area (Å²) in [5.74, 6) is 0.999. The predicted molar refractivity (Wildman–Crippen MR) is 126 cm³/mol. The van der Waals surface area contributed by atoms with E-state index < -0.39 is 5.60 Å². The third kappa shape index (κ3) is 6.55. The monoisotopic (exact) mass is 529 g/mol. The number of ether oxygens (including phenoxy) is 2. The number of nitrogens with one attached hydrogen (secondary N) is 2. The summed E-state index contributed by atoms with van der Waals surface area (Å²) in [7, 11) is 0. The highest BCUT2D eigenvalue weighted by atomic mass is 127. The number of hydrogen-bond acceptors (Lipinski definition) is 4. The van der Waals surface area contributed by atoms with E-state index in [9.17, 15) is 9.50 Å². The maximum atomic E-state index is 13.9. The van der Waals surface area contributed by atoms with Gasteiger partial charge in [0, 0.05) is 18.7 Å². The lowest BCUT2D eigenvalue weighted by molar-refractivity contribution is -0.0172. The number of aliphatic hydroxyl groups is 1. The van der Waals surface area contributed by atoms with E-state index in [-0.39, 0.29) is 43.1 Å². The summed E-state index contributed by atoms with van der Waals surface area (Å²) in [4.78, 5) is 4.52. The van der Waals surface area contributed by atoms with Crippen molar-refractivity contribution < 1.29 is 19.0 Å². The average molecular weight is 529 g/mol. The lowest BCUT2D eigenvalue weighted by Gasteiger charge is -2.23. The Bertz CT molecular complexity index is 847. The Morgan fingerprint density at radius 1 is 1.23 bits per heavy atom. The van der Waals surface area contributed by atoms with Crippen LogP contribution in [0.25, 0.3) is 0 Å². The smallest absolute Gasteiger partial charge is 0.191 e. The van der Waals surface area contributed by atoms with Crippen LogP contribution in [-0.2, 0) is 23.4 Å². The summed E-state index contributed by atoms with van der Waals surface area (Å²) < 4.78 is 24.7. The first-order valence-corrected chi connectivity index (χ1v) is 9.81. The highest BCUT2D eigenvalue weighted by Gasteiger charge is 2.22. The molecule has 1 aliphatic rings. The SMILES string of the molecule is CCNC(=NCC(C)(O)c1ccccc1)NCCc1cc(F)cc2c1OCOC2.I. The van der Waals surface area contributed by atoms with E-state index in [1.165, 1.54) is 12.1 Å². The molecule has 0 aliphatic carbocycles. The molecular weight excluding hydrogens is 500 g/mol. The zero-order chi connectivity index (χ0) is 20.7. The molecule has 0 bridgehead atoms. The largest absolute Gasteiger partial charge is 0.467 e. The van der Waals surface area contributed by atoms with Crippen molar-refractivity contribution in [1.82, 2.24) is 10.6 Å². The molecule has 3 N–H and O–H groups in total. The van der Waals surface area contributed by atoms with Gasteiger partial charge in [0.15, 0.2) is 12.8 Å². The summed E-state index contributed by atoms with van der Waals surface area (Å²) >= 11 is 0. The molecule has 1 heterocycles. The average Bonchev–Trinajstić information content (AvgIpc) is 2.72. The molecule has 1 unspecified atom stereocenters. The van der Waals surface area contributed by atoms with Crippen LogP contribution in [0.5, 0.6) is 5.75 Å². The fraction of sp³-hybridized carbons (Fsp3) is 0.409. The van der Waals surface area contributed by atoms with E-state index in [4.69, 9.17) is 9.47 Å². The normalized spacial score (nSPS) is 15.3. The van der Waals surface area contributed by atoms with Crippen LogP contribution in [0.1, 0.15) is 30.5 Å². The Kier molecular flexibility index (Phi) is 9.32. The van der Waals surface area contributed by atoms with Gasteiger partial charge in [0.1, 0.15) is 17.2 Å². The Labute approximate surface area is 193 Å². The summed E-state index contributed by atoms with van der Waals surface area (Å²) in [6, 6.07) is 12.4. The fourth-order valence-corrected chi connectivity index (χ4v) is 3.22. The summed E-state index contributed by atoms with van der Waals surface area (Å²) in [5.41, 5.74) is 1.26. The minimum Gasteiger partial charge on any atom is -0.467 e. The molecule has 0 aromatic heterocycles. The zero-order valence-corrected chi connectivity index (χ0v) is 19.6. The molecule has 1 atom stereocenters. The lowest BCUT2D eigenvalue weighted by Crippen LogP contribution is -2.39.